The van der Waals surface area contributed by atoms with Crippen LogP contribution >= 0.6 is 0 Å². The second-order valence-corrected chi connectivity index (χ2v) is 6.25. The van der Waals surface area contributed by atoms with E-state index < -0.39 is 42.2 Å². The number of hydrogen-bond donors (Lipinski definition) is 3. The largest absolute Gasteiger partial charge is 0.390 e. The molecule has 4 rings (SSSR count). The molecule has 24 heavy (non-hydrogen) atoms. The Morgan fingerprint density at radius 3 is 2.92 bits per heavy atom. The second kappa shape index (κ2) is 4.72. The van der Waals surface area contributed by atoms with Crippen molar-refractivity contribution in [2.75, 3.05) is 12.3 Å². The molecule has 0 aliphatic carbocycles. The number of nitrogen functional groups attached to an aromatic ring is 1. The molecule has 0 aromatic carbocycles. The molecule has 130 valence electrons. The minimum atomic E-state index is -2.45. The summed E-state index contributed by atoms with van der Waals surface area (Å²) in [5.74, 6) is -3.61. The number of aromatic nitrogens is 4. The van der Waals surface area contributed by atoms with Gasteiger partial charge in [-0.2, -0.15) is 4.98 Å². The summed E-state index contributed by atoms with van der Waals surface area (Å²) in [5.41, 5.74) is 5.19. The number of aliphatic hydroxyl groups is 1. The monoisotopic (exact) mass is 341 g/mol. The molecule has 4 heterocycles. The SMILES string of the molecule is CC1(C)OC2C(n3cnc4c(=O)[nH]c(N)nc43)OC(F)(CO)C2O1. The molecule has 2 saturated heterocycles. The molecule has 0 amide bonds. The fourth-order valence-corrected chi connectivity index (χ4v) is 3.14. The van der Waals surface area contributed by atoms with Crippen LogP contribution in [0.1, 0.15) is 20.1 Å². The predicted octanol–water partition coefficient (Wildman–Crippen LogP) is -0.591. The number of nitrogens with zero attached hydrogens (tertiary/aromatic N) is 3. The number of aliphatic hydroxyl groups excluding tert-OH is 1. The van der Waals surface area contributed by atoms with Gasteiger partial charge >= 0.3 is 0 Å². The molecule has 10 nitrogen and oxygen atoms in total. The van der Waals surface area contributed by atoms with E-state index in [9.17, 15) is 14.3 Å². The predicted molar refractivity (Wildman–Crippen MR) is 77.4 cm³/mol. The highest BCUT2D eigenvalue weighted by molar-refractivity contribution is 5.70. The zero-order chi connectivity index (χ0) is 17.3. The summed E-state index contributed by atoms with van der Waals surface area (Å²) < 4.78 is 32.9. The number of hydrogen-bond acceptors (Lipinski definition) is 8. The maximum Gasteiger partial charge on any atom is 0.280 e. The molecule has 2 aromatic heterocycles. The lowest BCUT2D eigenvalue weighted by Gasteiger charge is -2.27. The van der Waals surface area contributed by atoms with E-state index >= 15 is 0 Å². The second-order valence-electron chi connectivity index (χ2n) is 6.25. The first-order valence-corrected chi connectivity index (χ1v) is 7.30. The van der Waals surface area contributed by atoms with Gasteiger partial charge in [-0.25, -0.2) is 9.37 Å². The average molecular weight is 341 g/mol. The number of rotatable bonds is 2. The Balaban J connectivity index is 1.84. The summed E-state index contributed by atoms with van der Waals surface area (Å²) in [6.07, 6.45) is -1.75. The van der Waals surface area contributed by atoms with Crippen molar-refractivity contribution < 1.29 is 23.7 Å². The van der Waals surface area contributed by atoms with Crippen LogP contribution in [0.4, 0.5) is 10.3 Å². The lowest BCUT2D eigenvalue weighted by atomic mass is 10.1. The molecule has 0 radical (unpaired) electrons. The van der Waals surface area contributed by atoms with Crippen molar-refractivity contribution in [1.82, 2.24) is 19.5 Å². The minimum absolute atomic E-state index is 0.0304. The van der Waals surface area contributed by atoms with Crippen molar-refractivity contribution in [3.63, 3.8) is 0 Å². The normalized spacial score (nSPS) is 34.8. The van der Waals surface area contributed by atoms with Crippen LogP contribution in [0.2, 0.25) is 0 Å². The van der Waals surface area contributed by atoms with E-state index in [0.29, 0.717) is 0 Å². The summed E-state index contributed by atoms with van der Waals surface area (Å²) in [6, 6.07) is 0. The first kappa shape index (κ1) is 15.4. The van der Waals surface area contributed by atoms with Gasteiger partial charge in [0, 0.05) is 0 Å². The van der Waals surface area contributed by atoms with Crippen molar-refractivity contribution >= 4 is 17.1 Å². The van der Waals surface area contributed by atoms with Gasteiger partial charge in [-0.15, -0.1) is 0 Å². The van der Waals surface area contributed by atoms with Crippen LogP contribution in [0.25, 0.3) is 11.2 Å². The van der Waals surface area contributed by atoms with Crippen molar-refractivity contribution in [3.8, 4) is 0 Å². The molecule has 4 atom stereocenters. The van der Waals surface area contributed by atoms with E-state index in [-0.39, 0.29) is 17.1 Å². The number of nitrogens with one attached hydrogen (secondary N) is 1. The van der Waals surface area contributed by atoms with Crippen molar-refractivity contribution in [1.29, 1.82) is 0 Å². The maximum atomic E-state index is 14.9. The number of aromatic amines is 1. The van der Waals surface area contributed by atoms with Gasteiger partial charge in [0.05, 0.1) is 6.33 Å². The topological polar surface area (TPSA) is 138 Å². The molecule has 2 aliphatic rings. The third kappa shape index (κ3) is 2.05. The Hall–Kier alpha value is -2.08. The molecular weight excluding hydrogens is 325 g/mol. The summed E-state index contributed by atoms with van der Waals surface area (Å²) in [5, 5.41) is 9.41. The Morgan fingerprint density at radius 2 is 2.21 bits per heavy atom. The maximum absolute atomic E-state index is 14.9. The fourth-order valence-electron chi connectivity index (χ4n) is 3.14. The van der Waals surface area contributed by atoms with Gasteiger partial charge in [-0.1, -0.05) is 0 Å². The number of alkyl halides is 1. The fraction of sp³-hybridized carbons (Fsp3) is 0.615. The highest BCUT2D eigenvalue weighted by Gasteiger charge is 2.64. The van der Waals surface area contributed by atoms with E-state index in [0.717, 1.165) is 0 Å². The first-order chi connectivity index (χ1) is 11.2. The quantitative estimate of drug-likeness (QED) is 0.659. The summed E-state index contributed by atoms with van der Waals surface area (Å²) in [6.45, 7) is 2.35. The molecule has 2 aliphatic heterocycles. The molecule has 0 spiro atoms. The van der Waals surface area contributed by atoms with E-state index in [4.69, 9.17) is 19.9 Å². The number of nitrogens with two attached hydrogens (primary N) is 1. The average Bonchev–Trinajstić information content (AvgIpc) is 3.11. The van der Waals surface area contributed by atoms with Crippen LogP contribution in [0.15, 0.2) is 11.1 Å². The van der Waals surface area contributed by atoms with Crippen molar-refractivity contribution in [3.05, 3.63) is 16.7 Å². The Labute approximate surface area is 134 Å². The van der Waals surface area contributed by atoms with Crippen LogP contribution in [0, 0.1) is 0 Å². The highest BCUT2D eigenvalue weighted by Crippen LogP contribution is 2.48. The lowest BCUT2D eigenvalue weighted by molar-refractivity contribution is -0.264. The van der Waals surface area contributed by atoms with Crippen LogP contribution < -0.4 is 11.3 Å². The highest BCUT2D eigenvalue weighted by atomic mass is 19.2. The van der Waals surface area contributed by atoms with Crippen LogP contribution in [0.3, 0.4) is 0 Å². The molecule has 4 N–H and O–H groups in total. The van der Waals surface area contributed by atoms with Crippen molar-refractivity contribution in [2.45, 2.75) is 43.9 Å². The molecule has 4 unspecified atom stereocenters. The van der Waals surface area contributed by atoms with Gasteiger partial charge in [-0.05, 0) is 13.8 Å². The summed E-state index contributed by atoms with van der Waals surface area (Å²) >= 11 is 0. The number of imidazole rings is 1. The van der Waals surface area contributed by atoms with Gasteiger partial charge in [0.15, 0.2) is 29.3 Å². The standard InChI is InChI=1S/C13H16FN5O5/c1-12(2)22-6-7(23-12)13(14,3-20)24-10(6)19-4-16-5-8(19)17-11(15)18-9(5)21/h4,6-7,10,20H,3H2,1-2H3,(H3,15,17,18,21). The Morgan fingerprint density at radius 1 is 1.46 bits per heavy atom. The first-order valence-electron chi connectivity index (χ1n) is 7.30. The molecule has 2 aromatic rings. The summed E-state index contributed by atoms with van der Waals surface area (Å²) in [4.78, 5) is 22.2. The van der Waals surface area contributed by atoms with Gasteiger partial charge in [0.2, 0.25) is 5.95 Å². The number of fused-ring (bicyclic) bond motifs is 2. The Bertz CT molecular complexity index is 866. The lowest BCUT2D eigenvalue weighted by Crippen LogP contribution is -2.42. The van der Waals surface area contributed by atoms with E-state index in [1.54, 1.807) is 13.8 Å². The van der Waals surface area contributed by atoms with Crippen LogP contribution in [-0.2, 0) is 14.2 Å². The van der Waals surface area contributed by atoms with E-state index in [1.807, 2.05) is 0 Å². The van der Waals surface area contributed by atoms with Gasteiger partial charge in [0.25, 0.3) is 11.4 Å². The van der Waals surface area contributed by atoms with Gasteiger partial charge in [-0.3, -0.25) is 14.3 Å². The smallest absolute Gasteiger partial charge is 0.280 e. The van der Waals surface area contributed by atoms with E-state index in [1.165, 1.54) is 10.9 Å². The van der Waals surface area contributed by atoms with Gasteiger partial charge in [0.1, 0.15) is 12.7 Å². The number of halogens is 1. The zero-order valence-electron chi connectivity index (χ0n) is 12.9. The number of ether oxygens (including phenoxy) is 3. The molecular formula is C13H16FN5O5. The van der Waals surface area contributed by atoms with Gasteiger partial charge < -0.3 is 25.1 Å². The van der Waals surface area contributed by atoms with E-state index in [2.05, 4.69) is 15.0 Å². The Kier molecular flexibility index (Phi) is 3.04. The molecule has 2 fully saturated rings. The van der Waals surface area contributed by atoms with Crippen LogP contribution in [0.5, 0.6) is 0 Å². The molecule has 0 saturated carbocycles. The van der Waals surface area contributed by atoms with Crippen molar-refractivity contribution in [2.24, 2.45) is 0 Å². The summed E-state index contributed by atoms with van der Waals surface area (Å²) in [7, 11) is 0. The minimum Gasteiger partial charge on any atom is -0.390 e. The molecule has 0 bridgehead atoms. The van der Waals surface area contributed by atoms with Crippen LogP contribution in [-0.4, -0.2) is 55.1 Å². The third-order valence-corrected chi connectivity index (χ3v) is 4.09. The number of H-pyrrole nitrogens is 1. The number of anilines is 1. The third-order valence-electron chi connectivity index (χ3n) is 4.09. The molecule has 11 heteroatoms. The zero-order valence-corrected chi connectivity index (χ0v) is 12.9.